The number of hydrogen-bond donors (Lipinski definition) is 0. The van der Waals surface area contributed by atoms with Gasteiger partial charge in [0.15, 0.2) is 0 Å². The van der Waals surface area contributed by atoms with Gasteiger partial charge in [0.05, 0.1) is 0 Å². The average Bonchev–Trinajstić information content (AvgIpc) is 2.58. The third kappa shape index (κ3) is 4.91. The molecule has 0 saturated heterocycles. The minimum atomic E-state index is -0.579. The summed E-state index contributed by atoms with van der Waals surface area (Å²) in [5.74, 6) is 0.736. The minimum Gasteiger partial charge on any atom is -0.471 e. The van der Waals surface area contributed by atoms with Crippen LogP contribution in [0.3, 0.4) is 0 Å². The minimum absolute atomic E-state index is 0.579. The van der Waals surface area contributed by atoms with Crippen LogP contribution in [0.5, 0.6) is 5.75 Å². The highest BCUT2D eigenvalue weighted by molar-refractivity contribution is 5.31. The van der Waals surface area contributed by atoms with Gasteiger partial charge in [0.1, 0.15) is 11.8 Å². The molecule has 0 spiro atoms. The van der Waals surface area contributed by atoms with E-state index in [4.69, 9.17) is 9.47 Å². The van der Waals surface area contributed by atoms with Crippen molar-refractivity contribution in [3.05, 3.63) is 65.7 Å². The molecule has 0 radical (unpaired) electrons. The molecule has 0 heterocycles. The Morgan fingerprint density at radius 1 is 1.05 bits per heavy atom. The third-order valence-corrected chi connectivity index (χ3v) is 3.44. The molecule has 3 nitrogen and oxygen atoms in total. The topological polar surface area (TPSA) is 42.2 Å². The summed E-state index contributed by atoms with van der Waals surface area (Å²) < 4.78 is 10.9. The van der Waals surface area contributed by atoms with Crippen LogP contribution in [-0.2, 0) is 11.2 Å². The zero-order chi connectivity index (χ0) is 15.6. The van der Waals surface area contributed by atoms with Gasteiger partial charge in [0, 0.05) is 19.3 Å². The predicted octanol–water partition coefficient (Wildman–Crippen LogP) is 4.30. The first-order valence-corrected chi connectivity index (χ1v) is 7.52. The zero-order valence-corrected chi connectivity index (χ0v) is 12.9. The van der Waals surface area contributed by atoms with Gasteiger partial charge in [-0.05, 0) is 37.0 Å². The molecule has 0 aliphatic rings. The van der Waals surface area contributed by atoms with Crippen molar-refractivity contribution in [1.82, 2.24) is 0 Å². The summed E-state index contributed by atoms with van der Waals surface area (Å²) in [7, 11) is 1.72. The first-order valence-electron chi connectivity index (χ1n) is 7.52. The molecule has 0 aromatic heterocycles. The maximum atomic E-state index is 9.32. The van der Waals surface area contributed by atoms with E-state index in [1.54, 1.807) is 7.11 Å². The molecule has 2 aromatic rings. The predicted molar refractivity (Wildman–Crippen MR) is 86.7 cm³/mol. The Kier molecular flexibility index (Phi) is 6.47. The van der Waals surface area contributed by atoms with Crippen molar-refractivity contribution < 1.29 is 9.47 Å². The van der Waals surface area contributed by atoms with Crippen molar-refractivity contribution in [3.63, 3.8) is 0 Å². The highest BCUT2D eigenvalue weighted by Crippen LogP contribution is 2.23. The van der Waals surface area contributed by atoms with Gasteiger partial charge in [-0.25, -0.2) is 0 Å². The Labute approximate surface area is 132 Å². The van der Waals surface area contributed by atoms with Gasteiger partial charge in [-0.15, -0.1) is 0 Å². The van der Waals surface area contributed by atoms with Gasteiger partial charge in [-0.2, -0.15) is 5.26 Å². The normalized spacial score (nSPS) is 11.6. The molecule has 0 fully saturated rings. The Balaban J connectivity index is 1.98. The van der Waals surface area contributed by atoms with E-state index < -0.39 is 6.10 Å². The molecule has 0 aliphatic carbocycles. The second kappa shape index (κ2) is 8.86. The number of methoxy groups -OCH3 is 1. The molecule has 0 bridgehead atoms. The summed E-state index contributed by atoms with van der Waals surface area (Å²) in [5, 5.41) is 9.32. The van der Waals surface area contributed by atoms with Crippen molar-refractivity contribution in [2.45, 2.75) is 25.4 Å². The fourth-order valence-electron chi connectivity index (χ4n) is 2.28. The molecule has 0 saturated carbocycles. The Hall–Kier alpha value is -2.31. The van der Waals surface area contributed by atoms with Crippen LogP contribution >= 0.6 is 0 Å². The fourth-order valence-corrected chi connectivity index (χ4v) is 2.28. The van der Waals surface area contributed by atoms with E-state index in [1.165, 1.54) is 5.56 Å². The van der Waals surface area contributed by atoms with Gasteiger partial charge >= 0.3 is 0 Å². The second-order valence-electron chi connectivity index (χ2n) is 5.13. The van der Waals surface area contributed by atoms with Crippen LogP contribution in [0, 0.1) is 11.3 Å². The van der Waals surface area contributed by atoms with Crippen LogP contribution in [-0.4, -0.2) is 13.7 Å². The van der Waals surface area contributed by atoms with E-state index in [0.717, 1.165) is 37.2 Å². The summed E-state index contributed by atoms with van der Waals surface area (Å²) in [6, 6.07) is 19.7. The molecule has 3 heteroatoms. The van der Waals surface area contributed by atoms with Crippen molar-refractivity contribution in [2.24, 2.45) is 0 Å². The van der Waals surface area contributed by atoms with E-state index in [1.807, 2.05) is 48.5 Å². The van der Waals surface area contributed by atoms with E-state index in [9.17, 15) is 5.26 Å². The number of nitriles is 1. The third-order valence-electron chi connectivity index (χ3n) is 3.44. The van der Waals surface area contributed by atoms with Crippen LogP contribution in [0.15, 0.2) is 54.6 Å². The number of rotatable bonds is 8. The molecule has 0 amide bonds. The first kappa shape index (κ1) is 16.1. The van der Waals surface area contributed by atoms with Crippen molar-refractivity contribution >= 4 is 0 Å². The van der Waals surface area contributed by atoms with Crippen LogP contribution in [0.2, 0.25) is 0 Å². The Morgan fingerprint density at radius 3 is 2.59 bits per heavy atom. The van der Waals surface area contributed by atoms with Crippen molar-refractivity contribution in [3.8, 4) is 11.8 Å². The Morgan fingerprint density at radius 2 is 1.86 bits per heavy atom. The zero-order valence-electron chi connectivity index (χ0n) is 12.9. The molecule has 114 valence electrons. The van der Waals surface area contributed by atoms with Crippen LogP contribution in [0.1, 0.15) is 30.1 Å². The molecule has 0 N–H and O–H groups in total. The lowest BCUT2D eigenvalue weighted by atomic mass is 10.1. The van der Waals surface area contributed by atoms with E-state index >= 15 is 0 Å². The summed E-state index contributed by atoms with van der Waals surface area (Å²) in [6.45, 7) is 0.792. The van der Waals surface area contributed by atoms with Gasteiger partial charge in [-0.1, -0.05) is 42.5 Å². The standard InChI is InChI=1S/C19H21NO2/c1-21-13-6-5-8-16-9-7-12-18(14-16)22-19(15-20)17-10-3-2-4-11-17/h2-4,7,9-12,14,19H,5-6,8,13H2,1H3. The number of unbranched alkanes of at least 4 members (excludes halogenated alkanes) is 1. The van der Waals surface area contributed by atoms with Crippen LogP contribution in [0.25, 0.3) is 0 Å². The van der Waals surface area contributed by atoms with E-state index in [2.05, 4.69) is 12.1 Å². The fraction of sp³-hybridized carbons (Fsp3) is 0.316. The lowest BCUT2D eigenvalue weighted by molar-refractivity contribution is 0.193. The van der Waals surface area contributed by atoms with Gasteiger partial charge < -0.3 is 9.47 Å². The molecule has 1 atom stereocenters. The molecule has 22 heavy (non-hydrogen) atoms. The first-order chi connectivity index (χ1) is 10.8. The molecule has 1 unspecified atom stereocenters. The summed E-state index contributed by atoms with van der Waals surface area (Å²) >= 11 is 0. The number of ether oxygens (including phenoxy) is 2. The number of benzene rings is 2. The second-order valence-corrected chi connectivity index (χ2v) is 5.13. The summed E-state index contributed by atoms with van der Waals surface area (Å²) in [4.78, 5) is 0. The van der Waals surface area contributed by atoms with Crippen LogP contribution < -0.4 is 4.74 Å². The number of hydrogen-bond acceptors (Lipinski definition) is 3. The summed E-state index contributed by atoms with van der Waals surface area (Å²) in [5.41, 5.74) is 2.09. The van der Waals surface area contributed by atoms with Gasteiger partial charge in [-0.3, -0.25) is 0 Å². The molecule has 0 aliphatic heterocycles. The van der Waals surface area contributed by atoms with Crippen LogP contribution in [0.4, 0.5) is 0 Å². The van der Waals surface area contributed by atoms with Gasteiger partial charge in [0.25, 0.3) is 0 Å². The smallest absolute Gasteiger partial charge is 0.209 e. The lowest BCUT2D eigenvalue weighted by Crippen LogP contribution is -2.05. The monoisotopic (exact) mass is 295 g/mol. The van der Waals surface area contributed by atoms with Crippen molar-refractivity contribution in [2.75, 3.05) is 13.7 Å². The highest BCUT2D eigenvalue weighted by atomic mass is 16.5. The lowest BCUT2D eigenvalue weighted by Gasteiger charge is -2.13. The molecular formula is C19H21NO2. The van der Waals surface area contributed by atoms with E-state index in [0.29, 0.717) is 0 Å². The van der Waals surface area contributed by atoms with Crippen molar-refractivity contribution in [1.29, 1.82) is 5.26 Å². The maximum absolute atomic E-state index is 9.32. The summed E-state index contributed by atoms with van der Waals surface area (Å²) in [6.07, 6.45) is 2.54. The maximum Gasteiger partial charge on any atom is 0.209 e. The van der Waals surface area contributed by atoms with E-state index in [-0.39, 0.29) is 0 Å². The quantitative estimate of drug-likeness (QED) is 0.682. The SMILES string of the molecule is COCCCCc1cccc(OC(C#N)c2ccccc2)c1. The number of aryl methyl sites for hydroxylation is 1. The molecule has 2 rings (SSSR count). The largest absolute Gasteiger partial charge is 0.471 e. The molecule has 2 aromatic carbocycles. The average molecular weight is 295 g/mol. The number of nitrogens with zero attached hydrogens (tertiary/aromatic N) is 1. The Bertz CT molecular complexity index is 604. The van der Waals surface area contributed by atoms with Gasteiger partial charge in [0.2, 0.25) is 6.10 Å². The molecular weight excluding hydrogens is 274 g/mol. The highest BCUT2D eigenvalue weighted by Gasteiger charge is 2.11.